The van der Waals surface area contributed by atoms with Crippen LogP contribution in [-0.4, -0.2) is 30.5 Å². The number of aliphatic carboxylic acids is 1. The van der Waals surface area contributed by atoms with Gasteiger partial charge in [0, 0.05) is 0 Å². The predicted molar refractivity (Wildman–Crippen MR) is 58.5 cm³/mol. The van der Waals surface area contributed by atoms with Crippen LogP contribution in [-0.2, 0) is 4.79 Å². The SMILES string of the molecule is O=C(O)CC(c1ccc2c(c1)OCCO2)C(F)(F)F. The molecule has 0 saturated heterocycles. The van der Waals surface area contributed by atoms with Crippen LogP contribution in [0.25, 0.3) is 0 Å². The lowest BCUT2D eigenvalue weighted by Gasteiger charge is -2.23. The molecule has 1 aromatic rings. The van der Waals surface area contributed by atoms with Crippen molar-refractivity contribution in [3.63, 3.8) is 0 Å². The van der Waals surface area contributed by atoms with E-state index in [1.807, 2.05) is 0 Å². The van der Waals surface area contributed by atoms with Crippen LogP contribution in [0.1, 0.15) is 17.9 Å². The summed E-state index contributed by atoms with van der Waals surface area (Å²) in [4.78, 5) is 10.6. The first-order valence-corrected chi connectivity index (χ1v) is 5.56. The highest BCUT2D eigenvalue weighted by atomic mass is 19.4. The molecule has 1 aromatic carbocycles. The Morgan fingerprint density at radius 2 is 1.89 bits per heavy atom. The van der Waals surface area contributed by atoms with Crippen molar-refractivity contribution in [2.24, 2.45) is 0 Å². The smallest absolute Gasteiger partial charge is 0.396 e. The second kappa shape index (κ2) is 4.99. The van der Waals surface area contributed by atoms with E-state index in [4.69, 9.17) is 14.6 Å². The lowest BCUT2D eigenvalue weighted by molar-refractivity contribution is -0.163. The fourth-order valence-electron chi connectivity index (χ4n) is 1.87. The summed E-state index contributed by atoms with van der Waals surface area (Å²) >= 11 is 0. The molecule has 1 N–H and O–H groups in total. The number of hydrogen-bond donors (Lipinski definition) is 1. The standard InChI is InChI=1S/C12H11F3O4/c13-12(14,15)8(6-11(16)17)7-1-2-9-10(5-7)19-4-3-18-9/h1-2,5,8H,3-4,6H2,(H,16,17). The summed E-state index contributed by atoms with van der Waals surface area (Å²) in [7, 11) is 0. The largest absolute Gasteiger partial charge is 0.486 e. The molecule has 0 saturated carbocycles. The average Bonchev–Trinajstić information content (AvgIpc) is 2.34. The summed E-state index contributed by atoms with van der Waals surface area (Å²) in [6.45, 7) is 0.593. The van der Waals surface area contributed by atoms with Gasteiger partial charge in [-0.05, 0) is 17.7 Å². The molecule has 1 aliphatic heterocycles. The van der Waals surface area contributed by atoms with Crippen LogP contribution in [0.2, 0.25) is 0 Å². The number of ether oxygens (including phenoxy) is 2. The van der Waals surface area contributed by atoms with Gasteiger partial charge in [0.25, 0.3) is 0 Å². The Bertz CT molecular complexity index is 484. The minimum absolute atomic E-state index is 0.140. The third-order valence-corrected chi connectivity index (χ3v) is 2.74. The van der Waals surface area contributed by atoms with E-state index in [9.17, 15) is 18.0 Å². The Morgan fingerprint density at radius 3 is 2.47 bits per heavy atom. The Morgan fingerprint density at radius 1 is 1.26 bits per heavy atom. The molecule has 104 valence electrons. The van der Waals surface area contributed by atoms with Gasteiger partial charge in [-0.3, -0.25) is 4.79 Å². The normalized spacial score (nSPS) is 15.9. The molecule has 2 rings (SSSR count). The van der Waals surface area contributed by atoms with Gasteiger partial charge in [-0.1, -0.05) is 6.07 Å². The molecule has 1 heterocycles. The highest BCUT2D eigenvalue weighted by Crippen LogP contribution is 2.41. The fourth-order valence-corrected chi connectivity index (χ4v) is 1.87. The lowest BCUT2D eigenvalue weighted by Crippen LogP contribution is -2.24. The number of carboxylic acids is 1. The molecular weight excluding hydrogens is 265 g/mol. The van der Waals surface area contributed by atoms with Crippen LogP contribution < -0.4 is 9.47 Å². The van der Waals surface area contributed by atoms with E-state index >= 15 is 0 Å². The van der Waals surface area contributed by atoms with Crippen molar-refractivity contribution in [1.82, 2.24) is 0 Å². The molecule has 0 aromatic heterocycles. The second-order valence-corrected chi connectivity index (χ2v) is 4.10. The highest BCUT2D eigenvalue weighted by molar-refractivity contribution is 5.68. The Labute approximate surface area is 106 Å². The molecule has 0 bridgehead atoms. The van der Waals surface area contributed by atoms with E-state index in [1.165, 1.54) is 18.2 Å². The van der Waals surface area contributed by atoms with Crippen LogP contribution in [0.4, 0.5) is 13.2 Å². The number of carbonyl (C=O) groups is 1. The Balaban J connectivity index is 2.34. The maximum atomic E-state index is 12.9. The summed E-state index contributed by atoms with van der Waals surface area (Å²) in [5, 5.41) is 8.59. The monoisotopic (exact) mass is 276 g/mol. The number of benzene rings is 1. The Hall–Kier alpha value is -1.92. The molecule has 0 radical (unpaired) electrons. The first kappa shape index (κ1) is 13.5. The van der Waals surface area contributed by atoms with E-state index in [2.05, 4.69) is 0 Å². The van der Waals surface area contributed by atoms with Gasteiger partial charge in [0.2, 0.25) is 0 Å². The number of carboxylic acid groups (broad SMARTS) is 1. The van der Waals surface area contributed by atoms with Crippen LogP contribution in [0.3, 0.4) is 0 Å². The van der Waals surface area contributed by atoms with Crippen LogP contribution in [0, 0.1) is 0 Å². The summed E-state index contributed by atoms with van der Waals surface area (Å²) < 4.78 is 49.0. The zero-order valence-electron chi connectivity index (χ0n) is 9.74. The highest BCUT2D eigenvalue weighted by Gasteiger charge is 2.42. The van der Waals surface area contributed by atoms with Crippen LogP contribution in [0.15, 0.2) is 18.2 Å². The summed E-state index contributed by atoms with van der Waals surface area (Å²) in [5.74, 6) is -2.98. The van der Waals surface area contributed by atoms with E-state index < -0.39 is 24.5 Å². The number of halogens is 3. The van der Waals surface area contributed by atoms with Crippen molar-refractivity contribution in [2.45, 2.75) is 18.5 Å². The zero-order chi connectivity index (χ0) is 14.0. The molecule has 1 atom stereocenters. The zero-order valence-corrected chi connectivity index (χ0v) is 9.74. The topological polar surface area (TPSA) is 55.8 Å². The predicted octanol–water partition coefficient (Wildman–Crippen LogP) is 2.58. The van der Waals surface area contributed by atoms with Crippen molar-refractivity contribution < 1.29 is 32.5 Å². The fraction of sp³-hybridized carbons (Fsp3) is 0.417. The van der Waals surface area contributed by atoms with Crippen molar-refractivity contribution in [3.05, 3.63) is 23.8 Å². The number of hydrogen-bond acceptors (Lipinski definition) is 3. The molecule has 0 aliphatic carbocycles. The van der Waals surface area contributed by atoms with E-state index in [-0.39, 0.29) is 17.9 Å². The van der Waals surface area contributed by atoms with E-state index in [1.54, 1.807) is 0 Å². The number of fused-ring (bicyclic) bond motifs is 1. The third kappa shape index (κ3) is 3.10. The summed E-state index contributed by atoms with van der Waals surface area (Å²) in [6, 6.07) is 3.77. The van der Waals surface area contributed by atoms with Gasteiger partial charge in [0.15, 0.2) is 11.5 Å². The summed E-state index contributed by atoms with van der Waals surface area (Å²) in [5.41, 5.74) is -0.140. The van der Waals surface area contributed by atoms with Gasteiger partial charge in [-0.25, -0.2) is 0 Å². The quantitative estimate of drug-likeness (QED) is 0.921. The average molecular weight is 276 g/mol. The van der Waals surface area contributed by atoms with Crippen molar-refractivity contribution in [3.8, 4) is 11.5 Å². The minimum Gasteiger partial charge on any atom is -0.486 e. The summed E-state index contributed by atoms with van der Waals surface area (Å²) in [6.07, 6.45) is -5.63. The van der Waals surface area contributed by atoms with Crippen molar-refractivity contribution in [2.75, 3.05) is 13.2 Å². The minimum atomic E-state index is -4.62. The molecule has 0 fully saturated rings. The lowest BCUT2D eigenvalue weighted by atomic mass is 9.94. The first-order chi connectivity index (χ1) is 8.88. The maximum Gasteiger partial charge on any atom is 0.396 e. The molecule has 4 nitrogen and oxygen atoms in total. The maximum absolute atomic E-state index is 12.9. The molecule has 19 heavy (non-hydrogen) atoms. The third-order valence-electron chi connectivity index (χ3n) is 2.74. The van der Waals surface area contributed by atoms with Crippen LogP contribution >= 0.6 is 0 Å². The number of rotatable bonds is 3. The van der Waals surface area contributed by atoms with Crippen molar-refractivity contribution in [1.29, 1.82) is 0 Å². The molecular formula is C12H11F3O4. The van der Waals surface area contributed by atoms with E-state index in [0.29, 0.717) is 12.4 Å². The molecule has 0 amide bonds. The Kier molecular flexibility index (Phi) is 3.55. The molecule has 7 heteroatoms. The van der Waals surface area contributed by atoms with Gasteiger partial charge in [0.05, 0.1) is 12.3 Å². The van der Waals surface area contributed by atoms with Gasteiger partial charge < -0.3 is 14.6 Å². The van der Waals surface area contributed by atoms with Gasteiger partial charge >= 0.3 is 12.1 Å². The van der Waals surface area contributed by atoms with Gasteiger partial charge in [0.1, 0.15) is 13.2 Å². The first-order valence-electron chi connectivity index (χ1n) is 5.56. The van der Waals surface area contributed by atoms with E-state index in [0.717, 1.165) is 0 Å². The molecule has 0 spiro atoms. The molecule has 1 aliphatic rings. The van der Waals surface area contributed by atoms with Crippen molar-refractivity contribution >= 4 is 5.97 Å². The van der Waals surface area contributed by atoms with Crippen LogP contribution in [0.5, 0.6) is 11.5 Å². The van der Waals surface area contributed by atoms with Gasteiger partial charge in [-0.15, -0.1) is 0 Å². The second-order valence-electron chi connectivity index (χ2n) is 4.10. The molecule has 1 unspecified atom stereocenters. The number of alkyl halides is 3. The van der Waals surface area contributed by atoms with Gasteiger partial charge in [-0.2, -0.15) is 13.2 Å².